The number of H-pyrrole nitrogens is 1. The summed E-state index contributed by atoms with van der Waals surface area (Å²) < 4.78 is 53.8. The van der Waals surface area contributed by atoms with E-state index in [4.69, 9.17) is 10.2 Å². The van der Waals surface area contributed by atoms with E-state index < -0.39 is 40.5 Å². The zero-order valence-electron chi connectivity index (χ0n) is 23.3. The number of aryl methyl sites for hydroxylation is 1. The largest absolute Gasteiger partial charge is 0.416 e. The number of fused-ring (bicyclic) bond motifs is 1. The number of amides is 1. The Bertz CT molecular complexity index is 1870. The van der Waals surface area contributed by atoms with Crippen molar-refractivity contribution < 1.29 is 27.5 Å². The van der Waals surface area contributed by atoms with E-state index in [0.717, 1.165) is 42.2 Å². The highest BCUT2D eigenvalue weighted by molar-refractivity contribution is 5.82. The molecule has 1 saturated carbocycles. The fourth-order valence-corrected chi connectivity index (χ4v) is 5.81. The van der Waals surface area contributed by atoms with E-state index in [0.29, 0.717) is 29.9 Å². The highest BCUT2D eigenvalue weighted by atomic mass is 19.4. The van der Waals surface area contributed by atoms with Crippen LogP contribution in [0.1, 0.15) is 64.7 Å². The van der Waals surface area contributed by atoms with Crippen LogP contribution in [0.5, 0.6) is 0 Å². The molecule has 0 bridgehead atoms. The number of aliphatic hydroxyl groups is 1. The first-order valence-corrected chi connectivity index (χ1v) is 14.1. The molecule has 1 aromatic heterocycles. The van der Waals surface area contributed by atoms with Crippen molar-refractivity contribution in [3.63, 3.8) is 0 Å². The minimum absolute atomic E-state index is 0.0410. The van der Waals surface area contributed by atoms with Gasteiger partial charge in [-0.1, -0.05) is 42.5 Å². The Kier molecular flexibility index (Phi) is 7.33. The van der Waals surface area contributed by atoms with Gasteiger partial charge < -0.3 is 15.0 Å². The molecule has 11 heteroatoms. The molecule has 3 aromatic carbocycles. The van der Waals surface area contributed by atoms with Gasteiger partial charge >= 0.3 is 6.18 Å². The van der Waals surface area contributed by atoms with Crippen LogP contribution in [0.25, 0.3) is 11.1 Å². The van der Waals surface area contributed by atoms with Gasteiger partial charge in [0, 0.05) is 6.54 Å². The maximum atomic E-state index is 14.3. The third kappa shape index (κ3) is 5.37. The third-order valence-electron chi connectivity index (χ3n) is 8.41. The summed E-state index contributed by atoms with van der Waals surface area (Å²) in [5, 5.41) is 19.7. The van der Waals surface area contributed by atoms with Gasteiger partial charge in [0.1, 0.15) is 17.7 Å². The first-order valence-electron chi connectivity index (χ1n) is 14.1. The number of aromatic nitrogens is 2. The topological polar surface area (TPSA) is 110 Å². The van der Waals surface area contributed by atoms with Gasteiger partial charge in [0.05, 0.1) is 34.3 Å². The van der Waals surface area contributed by atoms with E-state index in [9.17, 15) is 32.3 Å². The standard InChI is InChI=1S/C33H26F4N4O3/c34-26-16-20(9-10-22(26)17-38)19-4-1-6-23(14-19)32(11-12-32)31-39-27-8-3-13-41(18-25(27)29(43)40-31)30(44)28(42)21-5-2-7-24(15-21)33(35,36)37/h1-2,4-7,9-10,14-16,28,42H,3,8,11-13,18H2,(H,39,40,43)/t28-/m1/s1. The Morgan fingerprint density at radius 2 is 1.82 bits per heavy atom. The molecule has 1 fully saturated rings. The first-order chi connectivity index (χ1) is 21.0. The van der Waals surface area contributed by atoms with Crippen LogP contribution in [-0.2, 0) is 29.4 Å². The van der Waals surface area contributed by atoms with Gasteiger partial charge in [0.15, 0.2) is 6.10 Å². The second-order valence-electron chi connectivity index (χ2n) is 11.2. The van der Waals surface area contributed by atoms with Crippen molar-refractivity contribution in [3.8, 4) is 17.2 Å². The Hall–Kier alpha value is -4.82. The molecule has 7 nitrogen and oxygen atoms in total. The number of rotatable bonds is 5. The molecular weight excluding hydrogens is 576 g/mol. The number of benzene rings is 3. The van der Waals surface area contributed by atoms with Crippen LogP contribution in [0.4, 0.5) is 17.6 Å². The lowest BCUT2D eigenvalue weighted by Gasteiger charge is -2.24. The highest BCUT2D eigenvalue weighted by Crippen LogP contribution is 2.52. The SMILES string of the molecule is N#Cc1ccc(-c2cccc(C3(c4nc5c(c(=O)[nH]4)CN(C(=O)[C@H](O)c4cccc(C(F)(F)F)c4)CCC5)CC3)c2)cc1F. The summed E-state index contributed by atoms with van der Waals surface area (Å²) in [6.45, 7) is 0.0495. The predicted octanol–water partition coefficient (Wildman–Crippen LogP) is 5.55. The third-order valence-corrected chi connectivity index (χ3v) is 8.41. The summed E-state index contributed by atoms with van der Waals surface area (Å²) in [6, 6.07) is 17.8. The quantitative estimate of drug-likeness (QED) is 0.291. The molecule has 4 aromatic rings. The molecule has 2 heterocycles. The highest BCUT2D eigenvalue weighted by Gasteiger charge is 2.49. The molecule has 1 atom stereocenters. The molecule has 44 heavy (non-hydrogen) atoms. The monoisotopic (exact) mass is 602 g/mol. The minimum Gasteiger partial charge on any atom is -0.378 e. The number of nitrogens with one attached hydrogen (secondary N) is 1. The van der Waals surface area contributed by atoms with Crippen molar-refractivity contribution >= 4 is 5.91 Å². The number of aliphatic hydroxyl groups excluding tert-OH is 1. The smallest absolute Gasteiger partial charge is 0.378 e. The summed E-state index contributed by atoms with van der Waals surface area (Å²) in [4.78, 5) is 35.6. The van der Waals surface area contributed by atoms with Crippen molar-refractivity contribution in [2.24, 2.45) is 0 Å². The zero-order chi connectivity index (χ0) is 31.2. The number of halogens is 4. The molecule has 224 valence electrons. The molecule has 0 unspecified atom stereocenters. The van der Waals surface area contributed by atoms with Gasteiger partial charge in [0.2, 0.25) is 0 Å². The molecule has 2 aliphatic rings. The maximum Gasteiger partial charge on any atom is 0.416 e. The van der Waals surface area contributed by atoms with Gasteiger partial charge in [0.25, 0.3) is 11.5 Å². The summed E-state index contributed by atoms with van der Waals surface area (Å²) >= 11 is 0. The summed E-state index contributed by atoms with van der Waals surface area (Å²) in [5.41, 5.74) is 0.905. The summed E-state index contributed by atoms with van der Waals surface area (Å²) in [6.07, 6.45) is -4.15. The number of hydrogen-bond acceptors (Lipinski definition) is 5. The lowest BCUT2D eigenvalue weighted by molar-refractivity contribution is -0.142. The molecular formula is C33H26F4N4O3. The van der Waals surface area contributed by atoms with Crippen molar-refractivity contribution in [2.45, 2.75) is 49.9 Å². The Labute approximate surface area is 249 Å². The Morgan fingerprint density at radius 3 is 2.52 bits per heavy atom. The lowest BCUT2D eigenvalue weighted by atomic mass is 9.91. The number of nitriles is 1. The number of nitrogens with zero attached hydrogens (tertiary/aromatic N) is 3. The fraction of sp³-hybridized carbons (Fsp3) is 0.273. The molecule has 1 aliphatic carbocycles. The van der Waals surface area contributed by atoms with E-state index in [2.05, 4.69) is 4.98 Å². The average molecular weight is 603 g/mol. The Morgan fingerprint density at radius 1 is 1.07 bits per heavy atom. The molecule has 0 saturated heterocycles. The first kappa shape index (κ1) is 29.3. The number of carbonyl (C=O) groups excluding carboxylic acids is 1. The molecule has 0 radical (unpaired) electrons. The van der Waals surface area contributed by atoms with Gasteiger partial charge in [-0.05, 0) is 72.2 Å². The predicted molar refractivity (Wildman–Crippen MR) is 152 cm³/mol. The number of aromatic amines is 1. The molecule has 1 aliphatic heterocycles. The maximum absolute atomic E-state index is 14.3. The number of hydrogen-bond donors (Lipinski definition) is 2. The van der Waals surface area contributed by atoms with Gasteiger partial charge in [-0.3, -0.25) is 9.59 Å². The Balaban J connectivity index is 1.26. The van der Waals surface area contributed by atoms with Crippen LogP contribution in [0.15, 0.2) is 71.5 Å². The molecule has 0 spiro atoms. The van der Waals surface area contributed by atoms with Crippen LogP contribution in [0, 0.1) is 17.1 Å². The van der Waals surface area contributed by atoms with Gasteiger partial charge in [-0.2, -0.15) is 18.4 Å². The van der Waals surface area contributed by atoms with Crippen LogP contribution < -0.4 is 5.56 Å². The molecule has 6 rings (SSSR count). The number of carbonyl (C=O) groups is 1. The average Bonchev–Trinajstić information content (AvgIpc) is 3.85. The second-order valence-corrected chi connectivity index (χ2v) is 11.2. The molecule has 2 N–H and O–H groups in total. The normalized spacial score (nSPS) is 16.4. The van der Waals surface area contributed by atoms with E-state index >= 15 is 0 Å². The van der Waals surface area contributed by atoms with E-state index in [-0.39, 0.29) is 29.8 Å². The summed E-state index contributed by atoms with van der Waals surface area (Å²) in [5.74, 6) is -0.910. The van der Waals surface area contributed by atoms with Crippen LogP contribution >= 0.6 is 0 Å². The fourth-order valence-electron chi connectivity index (χ4n) is 5.81. The lowest BCUT2D eigenvalue weighted by Crippen LogP contribution is -2.36. The zero-order valence-corrected chi connectivity index (χ0v) is 23.3. The number of alkyl halides is 3. The van der Waals surface area contributed by atoms with E-state index in [1.54, 1.807) is 6.07 Å². The summed E-state index contributed by atoms with van der Waals surface area (Å²) in [7, 11) is 0. The second kappa shape index (κ2) is 11.0. The van der Waals surface area contributed by atoms with Crippen LogP contribution in [0.2, 0.25) is 0 Å². The van der Waals surface area contributed by atoms with E-state index in [1.807, 2.05) is 30.3 Å². The minimum atomic E-state index is -4.63. The van der Waals surface area contributed by atoms with Crippen molar-refractivity contribution in [2.75, 3.05) is 6.54 Å². The van der Waals surface area contributed by atoms with Crippen molar-refractivity contribution in [1.82, 2.24) is 14.9 Å². The van der Waals surface area contributed by atoms with Crippen LogP contribution in [0.3, 0.4) is 0 Å². The van der Waals surface area contributed by atoms with Gasteiger partial charge in [-0.25, -0.2) is 9.37 Å². The van der Waals surface area contributed by atoms with Crippen LogP contribution in [-0.4, -0.2) is 32.4 Å². The van der Waals surface area contributed by atoms with E-state index in [1.165, 1.54) is 23.1 Å². The van der Waals surface area contributed by atoms with Gasteiger partial charge in [-0.15, -0.1) is 0 Å². The van der Waals surface area contributed by atoms with Crippen molar-refractivity contribution in [3.05, 3.63) is 122 Å². The van der Waals surface area contributed by atoms with Crippen molar-refractivity contribution in [1.29, 1.82) is 5.26 Å². The molecule has 1 amide bonds.